The van der Waals surface area contributed by atoms with E-state index in [0.29, 0.717) is 11.4 Å². The smallest absolute Gasteiger partial charge is 0.228 e. The van der Waals surface area contributed by atoms with Crippen LogP contribution in [0.1, 0.15) is 11.1 Å². The lowest BCUT2D eigenvalue weighted by atomic mass is 10.2. The predicted molar refractivity (Wildman–Crippen MR) is 67.2 cm³/mol. The van der Waals surface area contributed by atoms with E-state index in [1.54, 1.807) is 30.7 Å². The van der Waals surface area contributed by atoms with Gasteiger partial charge in [-0.25, -0.2) is 0 Å². The summed E-state index contributed by atoms with van der Waals surface area (Å²) in [5.74, 6) is -0.0724. The zero-order valence-corrected chi connectivity index (χ0v) is 10.1. The highest BCUT2D eigenvalue weighted by Crippen LogP contribution is 2.19. The third-order valence-corrected chi connectivity index (χ3v) is 2.64. The molecule has 1 aromatic heterocycles. The summed E-state index contributed by atoms with van der Waals surface area (Å²) in [6.45, 7) is 1.90. The molecule has 2 rings (SSSR count). The van der Waals surface area contributed by atoms with Crippen molar-refractivity contribution in [2.24, 2.45) is 0 Å². The minimum atomic E-state index is -0.0724. The van der Waals surface area contributed by atoms with Crippen molar-refractivity contribution in [1.29, 1.82) is 0 Å². The maximum atomic E-state index is 11.7. The molecular formula is C13H12ClNO2. The third-order valence-electron chi connectivity index (χ3n) is 2.41. The Kier molecular flexibility index (Phi) is 3.49. The molecule has 1 aromatic carbocycles. The number of halogens is 1. The molecule has 3 nitrogen and oxygen atoms in total. The molecule has 0 spiro atoms. The molecule has 0 unspecified atom stereocenters. The molecule has 1 heterocycles. The van der Waals surface area contributed by atoms with Gasteiger partial charge in [0.25, 0.3) is 0 Å². The topological polar surface area (TPSA) is 42.2 Å². The molecule has 2 aromatic rings. The quantitative estimate of drug-likeness (QED) is 0.906. The van der Waals surface area contributed by atoms with Gasteiger partial charge >= 0.3 is 0 Å². The van der Waals surface area contributed by atoms with E-state index in [1.807, 2.05) is 13.0 Å². The lowest BCUT2D eigenvalue weighted by Crippen LogP contribution is -2.14. The fourth-order valence-electron chi connectivity index (χ4n) is 1.54. The van der Waals surface area contributed by atoms with Gasteiger partial charge in [0, 0.05) is 10.7 Å². The molecule has 0 fully saturated rings. The number of rotatable bonds is 3. The normalized spacial score (nSPS) is 10.2. The number of amides is 1. The van der Waals surface area contributed by atoms with Gasteiger partial charge in [-0.05, 0) is 42.3 Å². The van der Waals surface area contributed by atoms with Crippen LogP contribution in [-0.4, -0.2) is 5.91 Å². The highest BCUT2D eigenvalue weighted by Gasteiger charge is 2.06. The molecule has 17 heavy (non-hydrogen) atoms. The molecule has 0 saturated heterocycles. The Morgan fingerprint density at radius 3 is 2.88 bits per heavy atom. The lowest BCUT2D eigenvalue weighted by Gasteiger charge is -2.07. The van der Waals surface area contributed by atoms with Crippen molar-refractivity contribution >= 4 is 23.2 Å². The van der Waals surface area contributed by atoms with E-state index in [-0.39, 0.29) is 5.91 Å². The monoisotopic (exact) mass is 249 g/mol. The lowest BCUT2D eigenvalue weighted by molar-refractivity contribution is -0.115. The van der Waals surface area contributed by atoms with Crippen LogP contribution in [0.3, 0.4) is 0 Å². The van der Waals surface area contributed by atoms with E-state index in [2.05, 4.69) is 5.32 Å². The zero-order chi connectivity index (χ0) is 12.3. The second-order valence-corrected chi connectivity index (χ2v) is 4.25. The fourth-order valence-corrected chi connectivity index (χ4v) is 1.77. The van der Waals surface area contributed by atoms with E-state index in [1.165, 1.54) is 0 Å². The van der Waals surface area contributed by atoms with Crippen LogP contribution in [0.2, 0.25) is 5.02 Å². The highest BCUT2D eigenvalue weighted by atomic mass is 35.5. The first-order valence-corrected chi connectivity index (χ1v) is 5.60. The molecule has 0 aliphatic heterocycles. The van der Waals surface area contributed by atoms with Crippen LogP contribution in [0.25, 0.3) is 0 Å². The first-order valence-electron chi connectivity index (χ1n) is 5.22. The van der Waals surface area contributed by atoms with Crippen LogP contribution in [0.15, 0.2) is 41.2 Å². The number of hydrogen-bond acceptors (Lipinski definition) is 2. The van der Waals surface area contributed by atoms with E-state index < -0.39 is 0 Å². The van der Waals surface area contributed by atoms with Crippen molar-refractivity contribution in [3.05, 3.63) is 52.9 Å². The van der Waals surface area contributed by atoms with Crippen molar-refractivity contribution in [2.75, 3.05) is 5.32 Å². The molecule has 0 radical (unpaired) electrons. The summed E-state index contributed by atoms with van der Waals surface area (Å²) < 4.78 is 4.91. The summed E-state index contributed by atoms with van der Waals surface area (Å²) in [5.41, 5.74) is 2.58. The van der Waals surface area contributed by atoms with Crippen molar-refractivity contribution in [2.45, 2.75) is 13.3 Å². The second-order valence-electron chi connectivity index (χ2n) is 3.82. The van der Waals surface area contributed by atoms with E-state index in [4.69, 9.17) is 16.0 Å². The summed E-state index contributed by atoms with van der Waals surface area (Å²) in [6.07, 6.45) is 3.42. The minimum absolute atomic E-state index is 0.0724. The molecule has 4 heteroatoms. The largest absolute Gasteiger partial charge is 0.472 e. The average molecular weight is 250 g/mol. The van der Waals surface area contributed by atoms with Gasteiger partial charge in [-0.15, -0.1) is 0 Å². The Balaban J connectivity index is 2.03. The maximum Gasteiger partial charge on any atom is 0.228 e. The Bertz CT molecular complexity index is 520. The number of aryl methyl sites for hydroxylation is 1. The van der Waals surface area contributed by atoms with Crippen LogP contribution in [-0.2, 0) is 11.2 Å². The van der Waals surface area contributed by atoms with Crippen LogP contribution >= 0.6 is 11.6 Å². The fraction of sp³-hybridized carbons (Fsp3) is 0.154. The van der Waals surface area contributed by atoms with Crippen LogP contribution in [0, 0.1) is 6.92 Å². The van der Waals surface area contributed by atoms with E-state index in [0.717, 1.165) is 16.8 Å². The van der Waals surface area contributed by atoms with Gasteiger partial charge in [0.05, 0.1) is 18.9 Å². The number of carbonyl (C=O) groups is 1. The van der Waals surface area contributed by atoms with Crippen molar-refractivity contribution in [1.82, 2.24) is 0 Å². The van der Waals surface area contributed by atoms with Gasteiger partial charge in [0.15, 0.2) is 0 Å². The third kappa shape index (κ3) is 3.11. The maximum absolute atomic E-state index is 11.7. The van der Waals surface area contributed by atoms with Crippen LogP contribution in [0.5, 0.6) is 0 Å². The van der Waals surface area contributed by atoms with Gasteiger partial charge in [-0.3, -0.25) is 4.79 Å². The van der Waals surface area contributed by atoms with Crippen LogP contribution in [0.4, 0.5) is 5.69 Å². The number of carbonyl (C=O) groups excluding carboxylic acids is 1. The molecule has 0 aliphatic rings. The number of anilines is 1. The Morgan fingerprint density at radius 1 is 1.41 bits per heavy atom. The molecule has 0 saturated carbocycles. The van der Waals surface area contributed by atoms with Gasteiger partial charge in [-0.2, -0.15) is 0 Å². The molecule has 88 valence electrons. The summed E-state index contributed by atoms with van der Waals surface area (Å²) >= 11 is 5.84. The summed E-state index contributed by atoms with van der Waals surface area (Å²) in [7, 11) is 0. The first-order chi connectivity index (χ1) is 8.15. The van der Waals surface area contributed by atoms with Crippen molar-refractivity contribution < 1.29 is 9.21 Å². The molecule has 0 bridgehead atoms. The van der Waals surface area contributed by atoms with Gasteiger partial charge in [-0.1, -0.05) is 11.6 Å². The Morgan fingerprint density at radius 2 is 2.24 bits per heavy atom. The van der Waals surface area contributed by atoms with E-state index in [9.17, 15) is 4.79 Å². The highest BCUT2D eigenvalue weighted by molar-refractivity contribution is 6.30. The van der Waals surface area contributed by atoms with E-state index >= 15 is 0 Å². The van der Waals surface area contributed by atoms with Crippen LogP contribution < -0.4 is 5.32 Å². The summed E-state index contributed by atoms with van der Waals surface area (Å²) in [4.78, 5) is 11.7. The van der Waals surface area contributed by atoms with Gasteiger partial charge < -0.3 is 9.73 Å². The minimum Gasteiger partial charge on any atom is -0.472 e. The predicted octanol–water partition coefficient (Wildman–Crippen LogP) is 3.42. The average Bonchev–Trinajstić information content (AvgIpc) is 2.75. The number of benzene rings is 1. The molecule has 1 N–H and O–H groups in total. The summed E-state index contributed by atoms with van der Waals surface area (Å²) in [5, 5.41) is 3.50. The molecular weight excluding hydrogens is 238 g/mol. The van der Waals surface area contributed by atoms with Gasteiger partial charge in [0.1, 0.15) is 0 Å². The molecule has 1 amide bonds. The van der Waals surface area contributed by atoms with Crippen molar-refractivity contribution in [3.63, 3.8) is 0 Å². The second kappa shape index (κ2) is 5.06. The number of nitrogens with one attached hydrogen (secondary N) is 1. The van der Waals surface area contributed by atoms with Gasteiger partial charge in [0.2, 0.25) is 5.91 Å². The molecule has 0 aliphatic carbocycles. The summed E-state index contributed by atoms with van der Waals surface area (Å²) in [6, 6.07) is 7.14. The zero-order valence-electron chi connectivity index (χ0n) is 9.37. The number of hydrogen-bond donors (Lipinski definition) is 1. The Labute approximate surface area is 104 Å². The van der Waals surface area contributed by atoms with Crippen molar-refractivity contribution in [3.8, 4) is 0 Å². The Hall–Kier alpha value is -1.74. The number of furan rings is 1. The molecule has 0 atom stereocenters. The standard InChI is InChI=1S/C13H12ClNO2/c1-9-6-11(14)2-3-12(9)15-13(16)7-10-4-5-17-8-10/h2-6,8H,7H2,1H3,(H,15,16). The SMILES string of the molecule is Cc1cc(Cl)ccc1NC(=O)Cc1ccoc1. The first kappa shape index (κ1) is 11.7.